The van der Waals surface area contributed by atoms with Crippen molar-refractivity contribution >= 4 is 11.7 Å². The first-order valence-corrected chi connectivity index (χ1v) is 9.57. The summed E-state index contributed by atoms with van der Waals surface area (Å²) in [6.07, 6.45) is -3.30. The maximum absolute atomic E-state index is 13.9. The highest BCUT2D eigenvalue weighted by molar-refractivity contribution is 5.86. The Kier molecular flexibility index (Phi) is 8.01. The highest BCUT2D eigenvalue weighted by atomic mass is 19.4. The van der Waals surface area contributed by atoms with Gasteiger partial charge in [0.15, 0.2) is 0 Å². The Morgan fingerprint density at radius 1 is 1.28 bits per heavy atom. The van der Waals surface area contributed by atoms with Crippen molar-refractivity contribution in [1.29, 1.82) is 0 Å². The van der Waals surface area contributed by atoms with Gasteiger partial charge in [-0.1, -0.05) is 12.1 Å². The molecule has 0 aliphatic rings. The molecule has 0 saturated heterocycles. The van der Waals surface area contributed by atoms with E-state index in [2.05, 4.69) is 9.84 Å². The molecule has 1 unspecified atom stereocenters. The molecular weight excluding hydrogens is 434 g/mol. The fourth-order valence-corrected chi connectivity index (χ4v) is 2.84. The molecule has 174 valence electrons. The number of likely N-dealkylation sites (N-methyl/N-ethyl adjacent to an activating group) is 1. The van der Waals surface area contributed by atoms with Crippen molar-refractivity contribution in [3.05, 3.63) is 63.8 Å². The Hall–Kier alpha value is -3.37. The first-order valence-electron chi connectivity index (χ1n) is 9.57. The number of anilines is 1. The summed E-state index contributed by atoms with van der Waals surface area (Å²) in [5, 5.41) is 3.86. The summed E-state index contributed by atoms with van der Waals surface area (Å²) < 4.78 is 65.6. The van der Waals surface area contributed by atoms with Crippen LogP contribution in [0.5, 0.6) is 5.75 Å². The summed E-state index contributed by atoms with van der Waals surface area (Å²) in [7, 11) is 2.71. The summed E-state index contributed by atoms with van der Waals surface area (Å²) in [6.45, 7) is 2.60. The number of carbonyl (C=O) groups is 1. The van der Waals surface area contributed by atoms with E-state index in [4.69, 9.17) is 4.74 Å². The van der Waals surface area contributed by atoms with Crippen LogP contribution in [-0.2, 0) is 22.3 Å². The molecule has 7 nitrogen and oxygen atoms in total. The molecule has 0 saturated carbocycles. The second-order valence-corrected chi connectivity index (χ2v) is 6.80. The molecule has 0 amide bonds. The minimum absolute atomic E-state index is 0.0567. The van der Waals surface area contributed by atoms with E-state index in [1.54, 1.807) is 24.3 Å². The number of methoxy groups -OCH3 is 1. The average molecular weight is 457 g/mol. The number of hydrogen-bond donors (Lipinski definition) is 0. The van der Waals surface area contributed by atoms with Crippen molar-refractivity contribution < 1.29 is 31.8 Å². The number of benzene rings is 1. The second kappa shape index (κ2) is 10.3. The Bertz CT molecular complexity index is 1030. The predicted octanol–water partition coefficient (Wildman–Crippen LogP) is 3.56. The maximum Gasteiger partial charge on any atom is 0.423 e. The molecule has 0 aliphatic heterocycles. The quantitative estimate of drug-likeness (QED) is 0.343. The van der Waals surface area contributed by atoms with Gasteiger partial charge in [0.25, 0.3) is 5.56 Å². The minimum Gasteiger partial charge on any atom is -0.497 e. The van der Waals surface area contributed by atoms with Gasteiger partial charge in [0, 0.05) is 13.1 Å². The molecule has 0 spiro atoms. The zero-order valence-corrected chi connectivity index (χ0v) is 17.9. The first kappa shape index (κ1) is 24.9. The van der Waals surface area contributed by atoms with Crippen LogP contribution in [0, 0.1) is 0 Å². The van der Waals surface area contributed by atoms with Gasteiger partial charge in [-0.3, -0.25) is 4.79 Å². The Morgan fingerprint density at radius 2 is 1.91 bits per heavy atom. The van der Waals surface area contributed by atoms with Crippen LogP contribution in [-0.4, -0.2) is 42.6 Å². The number of rotatable bonds is 8. The number of alkyl halides is 3. The molecule has 0 aliphatic carbocycles. The molecule has 1 aromatic carbocycles. The van der Waals surface area contributed by atoms with Crippen molar-refractivity contribution in [3.63, 3.8) is 0 Å². The van der Waals surface area contributed by atoms with E-state index >= 15 is 0 Å². The van der Waals surface area contributed by atoms with Gasteiger partial charge in [-0.25, -0.2) is 9.48 Å². The van der Waals surface area contributed by atoms with E-state index < -0.39 is 40.8 Å². The standard InChI is InChI=1S/C21H23F4N3O4/c1-5-32-20(30)16(22)10-13(2)27(3)17-11-26-28(19(29)18(17)21(23,24)25)12-14-6-8-15(31-4)9-7-14/h6-11,13H,5,12H2,1-4H3/b16-10-. The topological polar surface area (TPSA) is 73.7 Å². The average Bonchev–Trinajstić information content (AvgIpc) is 2.74. The first-order chi connectivity index (χ1) is 15.0. The van der Waals surface area contributed by atoms with Crippen molar-refractivity contribution in [2.24, 2.45) is 0 Å². The van der Waals surface area contributed by atoms with Crippen molar-refractivity contribution in [3.8, 4) is 5.75 Å². The lowest BCUT2D eigenvalue weighted by Crippen LogP contribution is -2.37. The maximum atomic E-state index is 13.9. The number of carbonyl (C=O) groups excluding carboxylic acids is 1. The number of nitrogens with zero attached hydrogens (tertiary/aromatic N) is 3. The van der Waals surface area contributed by atoms with Crippen LogP contribution < -0.4 is 15.2 Å². The molecule has 2 aromatic rings. The number of halogens is 4. The van der Waals surface area contributed by atoms with E-state index in [0.29, 0.717) is 16.0 Å². The minimum atomic E-state index is -4.99. The third-order valence-electron chi connectivity index (χ3n) is 4.65. The molecule has 1 atom stereocenters. The summed E-state index contributed by atoms with van der Waals surface area (Å²) in [5.41, 5.74) is -2.80. The van der Waals surface area contributed by atoms with Crippen LogP contribution in [0.4, 0.5) is 23.2 Å². The van der Waals surface area contributed by atoms with E-state index in [1.807, 2.05) is 0 Å². The van der Waals surface area contributed by atoms with Crippen molar-refractivity contribution in [1.82, 2.24) is 9.78 Å². The highest BCUT2D eigenvalue weighted by Gasteiger charge is 2.39. The smallest absolute Gasteiger partial charge is 0.423 e. The molecule has 1 aromatic heterocycles. The number of ether oxygens (including phenoxy) is 2. The van der Waals surface area contributed by atoms with Gasteiger partial charge in [-0.15, -0.1) is 0 Å². The van der Waals surface area contributed by atoms with Gasteiger partial charge in [0.1, 0.15) is 11.3 Å². The fraction of sp³-hybridized carbons (Fsp3) is 0.381. The van der Waals surface area contributed by atoms with Crippen molar-refractivity contribution in [2.45, 2.75) is 32.6 Å². The van der Waals surface area contributed by atoms with Crippen LogP contribution >= 0.6 is 0 Å². The lowest BCUT2D eigenvalue weighted by atomic mass is 10.1. The van der Waals surface area contributed by atoms with E-state index in [0.717, 1.165) is 17.2 Å². The van der Waals surface area contributed by atoms with E-state index in [-0.39, 0.29) is 13.2 Å². The molecule has 0 fully saturated rings. The summed E-state index contributed by atoms with van der Waals surface area (Å²) in [5.74, 6) is -1.92. The molecule has 2 rings (SSSR count). The van der Waals surface area contributed by atoms with Crippen LogP contribution in [0.15, 0.2) is 47.2 Å². The Balaban J connectivity index is 2.43. The molecule has 11 heteroatoms. The van der Waals surface area contributed by atoms with Gasteiger partial charge in [-0.2, -0.15) is 22.7 Å². The van der Waals surface area contributed by atoms with Crippen LogP contribution in [0.25, 0.3) is 0 Å². The summed E-state index contributed by atoms with van der Waals surface area (Å²) in [4.78, 5) is 25.1. The highest BCUT2D eigenvalue weighted by Crippen LogP contribution is 2.34. The molecule has 0 bridgehead atoms. The number of esters is 1. The fourth-order valence-electron chi connectivity index (χ4n) is 2.84. The molecular formula is C21H23F4N3O4. The second-order valence-electron chi connectivity index (χ2n) is 6.80. The lowest BCUT2D eigenvalue weighted by molar-refractivity contribution is -0.140. The van der Waals surface area contributed by atoms with Gasteiger partial charge in [0.05, 0.1) is 32.1 Å². The summed E-state index contributed by atoms with van der Waals surface area (Å²) in [6, 6.07) is 5.41. The third-order valence-corrected chi connectivity index (χ3v) is 4.65. The number of aromatic nitrogens is 2. The Morgan fingerprint density at radius 3 is 2.44 bits per heavy atom. The van der Waals surface area contributed by atoms with Gasteiger partial charge in [-0.05, 0) is 37.6 Å². The summed E-state index contributed by atoms with van der Waals surface area (Å²) >= 11 is 0. The van der Waals surface area contributed by atoms with Gasteiger partial charge < -0.3 is 14.4 Å². The largest absolute Gasteiger partial charge is 0.497 e. The zero-order valence-electron chi connectivity index (χ0n) is 17.9. The molecule has 32 heavy (non-hydrogen) atoms. The van der Waals surface area contributed by atoms with Crippen LogP contribution in [0.1, 0.15) is 25.0 Å². The number of hydrogen-bond acceptors (Lipinski definition) is 6. The van der Waals surface area contributed by atoms with Gasteiger partial charge >= 0.3 is 12.1 Å². The zero-order chi connectivity index (χ0) is 24.1. The lowest BCUT2D eigenvalue weighted by Gasteiger charge is -2.27. The monoisotopic (exact) mass is 457 g/mol. The SMILES string of the molecule is CCOC(=O)/C(F)=C/C(C)N(C)c1cnn(Cc2ccc(OC)cc2)c(=O)c1C(F)(F)F. The van der Waals surface area contributed by atoms with Crippen LogP contribution in [0.3, 0.4) is 0 Å². The van der Waals surface area contributed by atoms with E-state index in [9.17, 15) is 27.2 Å². The third kappa shape index (κ3) is 5.86. The Labute approximate surface area is 181 Å². The molecule has 0 N–H and O–H groups in total. The van der Waals surface area contributed by atoms with E-state index in [1.165, 1.54) is 28.0 Å². The van der Waals surface area contributed by atoms with Crippen LogP contribution in [0.2, 0.25) is 0 Å². The predicted molar refractivity (Wildman–Crippen MR) is 109 cm³/mol. The molecule has 1 heterocycles. The normalized spacial score (nSPS) is 12.9. The molecule has 0 radical (unpaired) electrons. The van der Waals surface area contributed by atoms with Gasteiger partial charge in [0.2, 0.25) is 5.83 Å². The van der Waals surface area contributed by atoms with Crippen molar-refractivity contribution in [2.75, 3.05) is 25.7 Å².